The average molecular weight is 274 g/mol. The van der Waals surface area contributed by atoms with E-state index in [2.05, 4.69) is 0 Å². The van der Waals surface area contributed by atoms with Crippen molar-refractivity contribution in [1.29, 1.82) is 0 Å². The van der Waals surface area contributed by atoms with Crippen molar-refractivity contribution in [2.45, 2.75) is 44.7 Å². The summed E-state index contributed by atoms with van der Waals surface area (Å²) in [4.78, 5) is 24.6. The number of rotatable bonds is 5. The van der Waals surface area contributed by atoms with Crippen LogP contribution in [0.25, 0.3) is 0 Å². The fourth-order valence-corrected chi connectivity index (χ4v) is 2.99. The van der Waals surface area contributed by atoms with Gasteiger partial charge in [0, 0.05) is 30.0 Å². The normalized spacial score (nSPS) is 20.8. The van der Waals surface area contributed by atoms with Crippen LogP contribution in [-0.4, -0.2) is 51.5 Å². The van der Waals surface area contributed by atoms with E-state index in [1.54, 1.807) is 16.7 Å². The first-order chi connectivity index (χ1) is 8.29. The third kappa shape index (κ3) is 5.27. The molecule has 1 aliphatic rings. The van der Waals surface area contributed by atoms with Crippen LogP contribution in [-0.2, 0) is 9.59 Å². The van der Waals surface area contributed by atoms with Crippen LogP contribution < -0.4 is 5.73 Å². The Morgan fingerprint density at radius 3 is 2.72 bits per heavy atom. The highest BCUT2D eigenvalue weighted by molar-refractivity contribution is 7.99. The first-order valence-corrected chi connectivity index (χ1v) is 7.33. The van der Waals surface area contributed by atoms with Crippen molar-refractivity contribution in [3.63, 3.8) is 0 Å². The van der Waals surface area contributed by atoms with Gasteiger partial charge in [-0.15, -0.1) is 0 Å². The predicted octanol–water partition coefficient (Wildman–Crippen LogP) is 0.923. The molecule has 18 heavy (non-hydrogen) atoms. The van der Waals surface area contributed by atoms with E-state index in [0.717, 1.165) is 5.75 Å². The van der Waals surface area contributed by atoms with E-state index in [-0.39, 0.29) is 23.9 Å². The van der Waals surface area contributed by atoms with Gasteiger partial charge in [0.2, 0.25) is 5.91 Å². The minimum Gasteiger partial charge on any atom is -0.481 e. The fraction of sp³-hybridized carbons (Fsp3) is 0.833. The first kappa shape index (κ1) is 15.3. The Labute approximate surface area is 112 Å². The van der Waals surface area contributed by atoms with Gasteiger partial charge in [0.1, 0.15) is 0 Å². The summed E-state index contributed by atoms with van der Waals surface area (Å²) in [5.41, 5.74) is 5.50. The van der Waals surface area contributed by atoms with E-state index in [9.17, 15) is 9.59 Å². The van der Waals surface area contributed by atoms with Gasteiger partial charge in [-0.25, -0.2) is 0 Å². The zero-order chi connectivity index (χ0) is 13.8. The van der Waals surface area contributed by atoms with Gasteiger partial charge in [-0.2, -0.15) is 11.8 Å². The van der Waals surface area contributed by atoms with Crippen LogP contribution in [0.1, 0.15) is 33.1 Å². The molecule has 1 fully saturated rings. The molecule has 0 spiro atoms. The fourth-order valence-electron chi connectivity index (χ4n) is 1.93. The lowest BCUT2D eigenvalue weighted by molar-refractivity contribution is -0.140. The lowest BCUT2D eigenvalue weighted by Crippen LogP contribution is -2.47. The number of hydrogen-bond donors (Lipinski definition) is 2. The number of carbonyl (C=O) groups is 2. The standard InChI is InChI=1S/C12H22N2O3S/c1-12(2,13)4-3-10(15)14-5-6-18-8-9(14)7-11(16)17/h9H,3-8,13H2,1-2H3,(H,16,17). The molecule has 5 nitrogen and oxygen atoms in total. The lowest BCUT2D eigenvalue weighted by atomic mass is 9.99. The maximum atomic E-state index is 12.1. The topological polar surface area (TPSA) is 83.6 Å². The molecule has 0 saturated carbocycles. The Hall–Kier alpha value is -0.750. The van der Waals surface area contributed by atoms with Gasteiger partial charge in [-0.05, 0) is 20.3 Å². The van der Waals surface area contributed by atoms with Crippen molar-refractivity contribution in [2.75, 3.05) is 18.1 Å². The van der Waals surface area contributed by atoms with Crippen molar-refractivity contribution in [2.24, 2.45) is 5.73 Å². The molecule has 0 aromatic heterocycles. The summed E-state index contributed by atoms with van der Waals surface area (Å²) in [7, 11) is 0. The van der Waals surface area contributed by atoms with Gasteiger partial charge in [-0.3, -0.25) is 9.59 Å². The predicted molar refractivity (Wildman–Crippen MR) is 72.6 cm³/mol. The van der Waals surface area contributed by atoms with E-state index in [4.69, 9.17) is 10.8 Å². The SMILES string of the molecule is CC(C)(N)CCC(=O)N1CCSCC1CC(=O)O. The molecule has 0 aromatic carbocycles. The highest BCUT2D eigenvalue weighted by atomic mass is 32.2. The second-order valence-electron chi connectivity index (χ2n) is 5.40. The van der Waals surface area contributed by atoms with E-state index in [1.165, 1.54) is 0 Å². The van der Waals surface area contributed by atoms with E-state index in [1.807, 2.05) is 13.8 Å². The first-order valence-electron chi connectivity index (χ1n) is 6.17. The lowest BCUT2D eigenvalue weighted by Gasteiger charge is -2.35. The summed E-state index contributed by atoms with van der Waals surface area (Å²) in [5, 5.41) is 8.86. The van der Waals surface area contributed by atoms with Crippen molar-refractivity contribution in [1.82, 2.24) is 4.90 Å². The average Bonchev–Trinajstić information content (AvgIpc) is 2.25. The number of carboxylic acid groups (broad SMARTS) is 1. The molecular weight excluding hydrogens is 252 g/mol. The number of amides is 1. The Bertz CT molecular complexity index is 315. The smallest absolute Gasteiger partial charge is 0.305 e. The third-order valence-electron chi connectivity index (χ3n) is 2.94. The summed E-state index contributed by atoms with van der Waals surface area (Å²) < 4.78 is 0. The molecule has 1 aliphatic heterocycles. The third-order valence-corrected chi connectivity index (χ3v) is 4.03. The molecule has 104 valence electrons. The number of aliphatic carboxylic acids is 1. The Balaban J connectivity index is 2.54. The van der Waals surface area contributed by atoms with Crippen LogP contribution >= 0.6 is 11.8 Å². The van der Waals surface area contributed by atoms with Crippen LogP contribution in [0.4, 0.5) is 0 Å². The molecule has 1 saturated heterocycles. The molecular formula is C12H22N2O3S. The number of carboxylic acids is 1. The molecule has 1 heterocycles. The second-order valence-corrected chi connectivity index (χ2v) is 6.55. The molecule has 3 N–H and O–H groups in total. The number of hydrogen-bond acceptors (Lipinski definition) is 4. The van der Waals surface area contributed by atoms with Crippen LogP contribution in [0, 0.1) is 0 Å². The van der Waals surface area contributed by atoms with Gasteiger partial charge in [0.05, 0.1) is 12.5 Å². The van der Waals surface area contributed by atoms with E-state index < -0.39 is 5.97 Å². The van der Waals surface area contributed by atoms with E-state index >= 15 is 0 Å². The van der Waals surface area contributed by atoms with Crippen LogP contribution in [0.15, 0.2) is 0 Å². The molecule has 0 aromatic rings. The summed E-state index contributed by atoms with van der Waals surface area (Å²) in [6.45, 7) is 4.43. The number of nitrogens with zero attached hydrogens (tertiary/aromatic N) is 1. The molecule has 0 aliphatic carbocycles. The number of carbonyl (C=O) groups excluding carboxylic acids is 1. The monoisotopic (exact) mass is 274 g/mol. The zero-order valence-electron chi connectivity index (χ0n) is 11.0. The van der Waals surface area contributed by atoms with Gasteiger partial charge >= 0.3 is 5.97 Å². The molecule has 1 rings (SSSR count). The Kier molecular flexibility index (Phi) is 5.47. The van der Waals surface area contributed by atoms with Crippen LogP contribution in [0.5, 0.6) is 0 Å². The highest BCUT2D eigenvalue weighted by Gasteiger charge is 2.29. The minimum absolute atomic E-state index is 0.0278. The summed E-state index contributed by atoms with van der Waals surface area (Å²) >= 11 is 1.71. The number of thioether (sulfide) groups is 1. The highest BCUT2D eigenvalue weighted by Crippen LogP contribution is 2.21. The van der Waals surface area contributed by atoms with Gasteiger partial charge in [0.15, 0.2) is 0 Å². The van der Waals surface area contributed by atoms with Crippen molar-refractivity contribution >= 4 is 23.6 Å². The van der Waals surface area contributed by atoms with Crippen LogP contribution in [0.3, 0.4) is 0 Å². The zero-order valence-corrected chi connectivity index (χ0v) is 11.8. The molecule has 1 unspecified atom stereocenters. The van der Waals surface area contributed by atoms with Crippen molar-refractivity contribution in [3.8, 4) is 0 Å². The quantitative estimate of drug-likeness (QED) is 0.779. The Morgan fingerprint density at radius 1 is 1.50 bits per heavy atom. The summed E-state index contributed by atoms with van der Waals surface area (Å²) in [5.74, 6) is 0.775. The van der Waals surface area contributed by atoms with Gasteiger partial charge in [-0.1, -0.05) is 0 Å². The summed E-state index contributed by atoms with van der Waals surface area (Å²) in [6.07, 6.45) is 1.05. The summed E-state index contributed by atoms with van der Waals surface area (Å²) in [6, 6.07) is -0.172. The minimum atomic E-state index is -0.848. The molecule has 1 atom stereocenters. The van der Waals surface area contributed by atoms with E-state index in [0.29, 0.717) is 25.1 Å². The van der Waals surface area contributed by atoms with Gasteiger partial charge in [0.25, 0.3) is 0 Å². The van der Waals surface area contributed by atoms with Gasteiger partial charge < -0.3 is 15.7 Å². The second kappa shape index (κ2) is 6.43. The van der Waals surface area contributed by atoms with Crippen molar-refractivity contribution in [3.05, 3.63) is 0 Å². The number of nitrogens with two attached hydrogens (primary N) is 1. The largest absolute Gasteiger partial charge is 0.481 e. The molecule has 0 radical (unpaired) electrons. The van der Waals surface area contributed by atoms with Crippen molar-refractivity contribution < 1.29 is 14.7 Å². The maximum Gasteiger partial charge on any atom is 0.305 e. The molecule has 1 amide bonds. The molecule has 0 bridgehead atoms. The Morgan fingerprint density at radius 2 is 2.17 bits per heavy atom. The maximum absolute atomic E-state index is 12.1. The molecule has 6 heteroatoms. The van der Waals surface area contributed by atoms with Crippen LogP contribution in [0.2, 0.25) is 0 Å².